The second kappa shape index (κ2) is 5.77. The van der Waals surface area contributed by atoms with Gasteiger partial charge in [0.1, 0.15) is 5.25 Å². The highest BCUT2D eigenvalue weighted by Gasteiger charge is 2.65. The zero-order valence-corrected chi connectivity index (χ0v) is 14.8. The molecule has 3 nitrogen and oxygen atoms in total. The molecule has 1 aromatic rings. The van der Waals surface area contributed by atoms with Gasteiger partial charge < -0.3 is 10.1 Å². The van der Waals surface area contributed by atoms with Crippen molar-refractivity contribution in [3.8, 4) is 0 Å². The zero-order chi connectivity index (χ0) is 16.1. The predicted octanol–water partition coefficient (Wildman–Crippen LogP) is 3.48. The maximum atomic E-state index is 13.1. The highest BCUT2D eigenvalue weighted by atomic mass is 32.2. The SMILES string of the molecule is O=C(NC1C2CCOC2C12CCCC2)C1SCCc2ccccc21. The van der Waals surface area contributed by atoms with Gasteiger partial charge in [0.05, 0.1) is 6.10 Å². The molecule has 1 N–H and O–H groups in total. The summed E-state index contributed by atoms with van der Waals surface area (Å²) in [7, 11) is 0. The van der Waals surface area contributed by atoms with Crippen LogP contribution in [0.5, 0.6) is 0 Å². The van der Waals surface area contributed by atoms with Crippen LogP contribution in [0.15, 0.2) is 24.3 Å². The van der Waals surface area contributed by atoms with E-state index in [4.69, 9.17) is 4.74 Å². The molecule has 0 bridgehead atoms. The van der Waals surface area contributed by atoms with E-state index in [2.05, 4.69) is 29.6 Å². The number of amides is 1. The number of hydrogen-bond acceptors (Lipinski definition) is 3. The van der Waals surface area contributed by atoms with Gasteiger partial charge in [-0.1, -0.05) is 37.1 Å². The van der Waals surface area contributed by atoms with E-state index in [-0.39, 0.29) is 16.6 Å². The summed E-state index contributed by atoms with van der Waals surface area (Å²) >= 11 is 1.80. The van der Waals surface area contributed by atoms with E-state index in [9.17, 15) is 4.79 Å². The van der Waals surface area contributed by atoms with Gasteiger partial charge in [-0.25, -0.2) is 0 Å². The number of rotatable bonds is 2. The van der Waals surface area contributed by atoms with Crippen molar-refractivity contribution in [2.45, 2.75) is 55.9 Å². The van der Waals surface area contributed by atoms with Gasteiger partial charge in [-0.3, -0.25) is 4.79 Å². The second-order valence-corrected chi connectivity index (χ2v) is 9.08. The van der Waals surface area contributed by atoms with Gasteiger partial charge in [0.2, 0.25) is 5.91 Å². The van der Waals surface area contributed by atoms with Crippen LogP contribution in [-0.2, 0) is 16.0 Å². The van der Waals surface area contributed by atoms with Gasteiger partial charge in [0.15, 0.2) is 0 Å². The molecule has 2 aliphatic heterocycles. The van der Waals surface area contributed by atoms with Crippen molar-refractivity contribution < 1.29 is 9.53 Å². The van der Waals surface area contributed by atoms with Crippen LogP contribution < -0.4 is 5.32 Å². The molecule has 4 atom stereocenters. The van der Waals surface area contributed by atoms with Gasteiger partial charge in [-0.05, 0) is 42.6 Å². The molecule has 1 saturated heterocycles. The monoisotopic (exact) mass is 343 g/mol. The average molecular weight is 343 g/mol. The fraction of sp³-hybridized carbons (Fsp3) is 0.650. The number of benzene rings is 1. The van der Waals surface area contributed by atoms with E-state index in [1.54, 1.807) is 11.8 Å². The molecule has 1 amide bonds. The van der Waals surface area contributed by atoms with Crippen LogP contribution in [0.2, 0.25) is 0 Å². The van der Waals surface area contributed by atoms with Crippen LogP contribution >= 0.6 is 11.8 Å². The lowest BCUT2D eigenvalue weighted by Crippen LogP contribution is -2.68. The summed E-state index contributed by atoms with van der Waals surface area (Å²) in [4.78, 5) is 13.1. The smallest absolute Gasteiger partial charge is 0.237 e. The van der Waals surface area contributed by atoms with Crippen molar-refractivity contribution in [3.05, 3.63) is 35.4 Å². The first-order valence-electron chi connectivity index (χ1n) is 9.41. The number of carbonyl (C=O) groups is 1. The van der Waals surface area contributed by atoms with Gasteiger partial charge in [0, 0.05) is 24.0 Å². The molecule has 3 fully saturated rings. The Balaban J connectivity index is 1.37. The standard InChI is InChI=1S/C20H25NO2S/c22-19(16-14-6-2-1-5-13(14)8-12-24-16)21-17-15-7-11-23-18(15)20(17)9-3-4-10-20/h1-2,5-6,15-18H,3-4,7-12H2,(H,21,22). The maximum absolute atomic E-state index is 13.1. The minimum atomic E-state index is -0.0326. The largest absolute Gasteiger partial charge is 0.377 e. The Hall–Kier alpha value is -1.00. The summed E-state index contributed by atoms with van der Waals surface area (Å²) in [6.07, 6.45) is 7.65. The molecule has 2 heterocycles. The van der Waals surface area contributed by atoms with Crippen molar-refractivity contribution in [1.29, 1.82) is 0 Å². The average Bonchev–Trinajstić information content (AvgIpc) is 3.27. The minimum absolute atomic E-state index is 0.0326. The van der Waals surface area contributed by atoms with Crippen molar-refractivity contribution in [2.75, 3.05) is 12.4 Å². The molecule has 4 aliphatic rings. The molecule has 1 spiro atoms. The second-order valence-electron chi connectivity index (χ2n) is 7.87. The Morgan fingerprint density at radius 1 is 1.25 bits per heavy atom. The zero-order valence-electron chi connectivity index (χ0n) is 14.0. The number of carbonyl (C=O) groups excluding carboxylic acids is 1. The van der Waals surface area contributed by atoms with E-state index in [1.165, 1.54) is 36.8 Å². The molecule has 5 rings (SSSR count). The topological polar surface area (TPSA) is 38.3 Å². The molecule has 0 radical (unpaired) electrons. The summed E-state index contributed by atoms with van der Waals surface area (Å²) < 4.78 is 6.05. The summed E-state index contributed by atoms with van der Waals surface area (Å²) in [5, 5.41) is 3.46. The Morgan fingerprint density at radius 3 is 2.96 bits per heavy atom. The first-order valence-corrected chi connectivity index (χ1v) is 10.5. The number of ether oxygens (including phenoxy) is 1. The van der Waals surface area contributed by atoms with E-state index >= 15 is 0 Å². The van der Waals surface area contributed by atoms with Crippen LogP contribution in [0.25, 0.3) is 0 Å². The number of thioether (sulfide) groups is 1. The fourth-order valence-electron chi connectivity index (χ4n) is 5.74. The number of hydrogen-bond donors (Lipinski definition) is 1. The van der Waals surface area contributed by atoms with Crippen LogP contribution in [0, 0.1) is 11.3 Å². The Morgan fingerprint density at radius 2 is 2.08 bits per heavy atom. The number of nitrogens with one attached hydrogen (secondary N) is 1. The molecule has 4 unspecified atom stereocenters. The third-order valence-corrected chi connectivity index (χ3v) is 8.06. The highest BCUT2D eigenvalue weighted by molar-refractivity contribution is 8.00. The number of aryl methyl sites for hydroxylation is 1. The van der Waals surface area contributed by atoms with Crippen LogP contribution in [0.4, 0.5) is 0 Å². The predicted molar refractivity (Wildman–Crippen MR) is 96.0 cm³/mol. The first kappa shape index (κ1) is 15.3. The lowest BCUT2D eigenvalue weighted by Gasteiger charge is -2.57. The molecule has 2 aliphatic carbocycles. The molecular weight excluding hydrogens is 318 g/mol. The maximum Gasteiger partial charge on any atom is 0.237 e. The van der Waals surface area contributed by atoms with Crippen LogP contribution in [0.1, 0.15) is 48.5 Å². The lowest BCUT2D eigenvalue weighted by atomic mass is 9.54. The van der Waals surface area contributed by atoms with Crippen molar-refractivity contribution in [2.24, 2.45) is 11.3 Å². The van der Waals surface area contributed by atoms with Crippen molar-refractivity contribution in [1.82, 2.24) is 5.32 Å². The van der Waals surface area contributed by atoms with Gasteiger partial charge in [-0.15, -0.1) is 11.8 Å². The summed E-state index contributed by atoms with van der Waals surface area (Å²) in [5.74, 6) is 1.82. The first-order chi connectivity index (χ1) is 11.8. The van der Waals surface area contributed by atoms with Crippen LogP contribution in [-0.4, -0.2) is 30.4 Å². The Labute approximate surface area is 147 Å². The van der Waals surface area contributed by atoms with E-state index in [1.807, 2.05) is 0 Å². The molecule has 128 valence electrons. The molecule has 2 saturated carbocycles. The summed E-state index contributed by atoms with van der Waals surface area (Å²) in [6, 6.07) is 8.81. The number of fused-ring (bicyclic) bond motifs is 3. The Kier molecular flexibility index (Phi) is 3.67. The van der Waals surface area contributed by atoms with Crippen LogP contribution in [0.3, 0.4) is 0 Å². The third-order valence-electron chi connectivity index (χ3n) is 6.82. The lowest BCUT2D eigenvalue weighted by molar-refractivity contribution is -0.145. The van der Waals surface area contributed by atoms with Gasteiger partial charge in [-0.2, -0.15) is 0 Å². The normalized spacial score (nSPS) is 36.0. The Bertz CT molecular complexity index is 655. The van der Waals surface area contributed by atoms with E-state index in [0.717, 1.165) is 25.2 Å². The molecule has 4 heteroatoms. The van der Waals surface area contributed by atoms with Gasteiger partial charge in [0.25, 0.3) is 0 Å². The highest BCUT2D eigenvalue weighted by Crippen LogP contribution is 2.60. The van der Waals surface area contributed by atoms with E-state index < -0.39 is 0 Å². The quantitative estimate of drug-likeness (QED) is 0.893. The fourth-order valence-corrected chi connectivity index (χ4v) is 6.95. The van der Waals surface area contributed by atoms with E-state index in [0.29, 0.717) is 18.1 Å². The minimum Gasteiger partial charge on any atom is -0.377 e. The molecule has 0 aromatic heterocycles. The van der Waals surface area contributed by atoms with Crippen molar-refractivity contribution >= 4 is 17.7 Å². The third kappa shape index (κ3) is 2.12. The summed E-state index contributed by atoms with van der Waals surface area (Å²) in [6.45, 7) is 0.879. The molecular formula is C20H25NO2S. The van der Waals surface area contributed by atoms with Gasteiger partial charge >= 0.3 is 0 Å². The summed E-state index contributed by atoms with van der Waals surface area (Å²) in [5.41, 5.74) is 2.82. The van der Waals surface area contributed by atoms with Crippen molar-refractivity contribution in [3.63, 3.8) is 0 Å². The molecule has 24 heavy (non-hydrogen) atoms. The molecule has 1 aromatic carbocycles.